The summed E-state index contributed by atoms with van der Waals surface area (Å²) in [6.07, 6.45) is 1.63. The molecule has 0 radical (unpaired) electrons. The third kappa shape index (κ3) is 5.74. The second-order valence-corrected chi connectivity index (χ2v) is 5.78. The number of amides is 1. The highest BCUT2D eigenvalue weighted by Crippen LogP contribution is 2.17. The Kier molecular flexibility index (Phi) is 6.25. The van der Waals surface area contributed by atoms with Gasteiger partial charge < -0.3 is 20.7 Å². The second-order valence-electron chi connectivity index (χ2n) is 5.78. The molecule has 3 aromatic rings. The quantitative estimate of drug-likeness (QED) is 0.558. The van der Waals surface area contributed by atoms with E-state index in [1.54, 1.807) is 6.20 Å². The molecule has 2 aromatic carbocycles. The van der Waals surface area contributed by atoms with Gasteiger partial charge in [-0.3, -0.25) is 4.79 Å². The lowest BCUT2D eigenvalue weighted by atomic mass is 10.3. The monoisotopic (exact) mass is 362 g/mol. The maximum absolute atomic E-state index is 12.1. The van der Waals surface area contributed by atoms with Crippen LogP contribution in [0.2, 0.25) is 0 Å². The van der Waals surface area contributed by atoms with Crippen molar-refractivity contribution in [3.63, 3.8) is 0 Å². The normalized spacial score (nSPS) is 10.1. The summed E-state index contributed by atoms with van der Waals surface area (Å²) in [6.45, 7) is 2.73. The third-order valence-electron chi connectivity index (χ3n) is 3.71. The van der Waals surface area contributed by atoms with Gasteiger partial charge in [0.15, 0.2) is 0 Å². The number of hydrogen-bond donors (Lipinski definition) is 3. The fourth-order valence-electron chi connectivity index (χ4n) is 2.43. The predicted octanol–water partition coefficient (Wildman–Crippen LogP) is 4.27. The van der Waals surface area contributed by atoms with Crippen molar-refractivity contribution >= 4 is 28.8 Å². The van der Waals surface area contributed by atoms with Crippen LogP contribution in [-0.2, 0) is 4.79 Å². The van der Waals surface area contributed by atoms with Crippen LogP contribution in [0.4, 0.5) is 22.9 Å². The van der Waals surface area contributed by atoms with E-state index in [0.29, 0.717) is 18.1 Å². The fraction of sp³-hybridized carbons (Fsp3) is 0.143. The minimum atomic E-state index is -0.144. The Labute approximate surface area is 158 Å². The lowest BCUT2D eigenvalue weighted by molar-refractivity contribution is -0.114. The zero-order valence-electron chi connectivity index (χ0n) is 15.1. The van der Waals surface area contributed by atoms with E-state index in [2.05, 4.69) is 20.9 Å². The van der Waals surface area contributed by atoms with Gasteiger partial charge in [-0.2, -0.15) is 0 Å². The van der Waals surface area contributed by atoms with E-state index in [1.165, 1.54) is 0 Å². The lowest BCUT2D eigenvalue weighted by Crippen LogP contribution is -2.21. The first-order valence-electron chi connectivity index (χ1n) is 8.77. The molecule has 6 heteroatoms. The van der Waals surface area contributed by atoms with E-state index in [-0.39, 0.29) is 12.5 Å². The van der Waals surface area contributed by atoms with Crippen LogP contribution in [-0.4, -0.2) is 24.0 Å². The topological polar surface area (TPSA) is 75.3 Å². The van der Waals surface area contributed by atoms with Crippen LogP contribution in [0.5, 0.6) is 5.75 Å². The van der Waals surface area contributed by atoms with Gasteiger partial charge in [-0.1, -0.05) is 18.2 Å². The number of nitrogens with zero attached hydrogens (tertiary/aromatic N) is 1. The lowest BCUT2D eigenvalue weighted by Gasteiger charge is -2.10. The van der Waals surface area contributed by atoms with Crippen molar-refractivity contribution in [2.75, 3.05) is 29.1 Å². The van der Waals surface area contributed by atoms with Crippen molar-refractivity contribution in [2.45, 2.75) is 6.92 Å². The van der Waals surface area contributed by atoms with Crippen molar-refractivity contribution in [2.24, 2.45) is 0 Å². The molecule has 0 atom stereocenters. The molecule has 3 N–H and O–H groups in total. The minimum Gasteiger partial charge on any atom is -0.494 e. The molecule has 138 valence electrons. The molecular formula is C21H22N4O2. The molecule has 0 aliphatic heterocycles. The van der Waals surface area contributed by atoms with Gasteiger partial charge in [-0.15, -0.1) is 0 Å². The number of ether oxygens (including phenoxy) is 1. The number of benzene rings is 2. The first kappa shape index (κ1) is 18.3. The highest BCUT2D eigenvalue weighted by molar-refractivity contribution is 5.93. The summed E-state index contributed by atoms with van der Waals surface area (Å²) >= 11 is 0. The zero-order chi connectivity index (χ0) is 18.9. The van der Waals surface area contributed by atoms with Crippen molar-refractivity contribution in [1.82, 2.24) is 4.98 Å². The molecule has 0 unspecified atom stereocenters. The minimum absolute atomic E-state index is 0.144. The van der Waals surface area contributed by atoms with Gasteiger partial charge in [0.05, 0.1) is 25.0 Å². The highest BCUT2D eigenvalue weighted by atomic mass is 16.5. The fourth-order valence-corrected chi connectivity index (χ4v) is 2.43. The average Bonchev–Trinajstić information content (AvgIpc) is 2.70. The van der Waals surface area contributed by atoms with E-state index < -0.39 is 0 Å². The van der Waals surface area contributed by atoms with Gasteiger partial charge in [-0.05, 0) is 55.5 Å². The summed E-state index contributed by atoms with van der Waals surface area (Å²) < 4.78 is 5.39. The van der Waals surface area contributed by atoms with E-state index in [0.717, 1.165) is 17.1 Å². The van der Waals surface area contributed by atoms with Crippen LogP contribution < -0.4 is 20.7 Å². The number of para-hydroxylation sites is 1. The van der Waals surface area contributed by atoms with Gasteiger partial charge in [0.1, 0.15) is 11.6 Å². The first-order valence-corrected chi connectivity index (χ1v) is 8.77. The number of aromatic nitrogens is 1. The second kappa shape index (κ2) is 9.24. The SMILES string of the molecule is CCOc1ccc(NCC(=O)Nc2ccc(Nc3ccccc3)nc2)cc1. The number of carbonyl (C=O) groups excluding carboxylic acids is 1. The van der Waals surface area contributed by atoms with Gasteiger partial charge in [0.2, 0.25) is 5.91 Å². The maximum atomic E-state index is 12.1. The van der Waals surface area contributed by atoms with Crippen molar-refractivity contribution in [1.29, 1.82) is 0 Å². The number of nitrogens with one attached hydrogen (secondary N) is 3. The van der Waals surface area contributed by atoms with Gasteiger partial charge >= 0.3 is 0 Å². The molecule has 6 nitrogen and oxygen atoms in total. The Morgan fingerprint density at radius 3 is 2.33 bits per heavy atom. The van der Waals surface area contributed by atoms with Crippen LogP contribution in [0.3, 0.4) is 0 Å². The number of rotatable bonds is 8. The summed E-state index contributed by atoms with van der Waals surface area (Å²) in [5.41, 5.74) is 2.46. The van der Waals surface area contributed by atoms with Crippen LogP contribution in [0.1, 0.15) is 6.92 Å². The molecule has 3 rings (SSSR count). The molecular weight excluding hydrogens is 340 g/mol. The molecule has 0 fully saturated rings. The summed E-state index contributed by atoms with van der Waals surface area (Å²) in [7, 11) is 0. The van der Waals surface area contributed by atoms with E-state index >= 15 is 0 Å². The largest absolute Gasteiger partial charge is 0.494 e. The maximum Gasteiger partial charge on any atom is 0.243 e. The summed E-state index contributed by atoms with van der Waals surface area (Å²) in [5, 5.41) is 9.09. The number of hydrogen-bond acceptors (Lipinski definition) is 5. The van der Waals surface area contributed by atoms with E-state index in [4.69, 9.17) is 4.74 Å². The van der Waals surface area contributed by atoms with Gasteiger partial charge in [-0.25, -0.2) is 4.98 Å². The van der Waals surface area contributed by atoms with Gasteiger partial charge in [0.25, 0.3) is 0 Å². The Balaban J connectivity index is 1.47. The van der Waals surface area contributed by atoms with E-state index in [9.17, 15) is 4.79 Å². The smallest absolute Gasteiger partial charge is 0.243 e. The Morgan fingerprint density at radius 1 is 0.926 bits per heavy atom. The van der Waals surface area contributed by atoms with Crippen molar-refractivity contribution in [3.8, 4) is 5.75 Å². The Bertz CT molecular complexity index is 850. The molecule has 1 amide bonds. The predicted molar refractivity (Wildman–Crippen MR) is 109 cm³/mol. The number of anilines is 4. The molecule has 0 aliphatic carbocycles. The molecule has 1 aromatic heterocycles. The van der Waals surface area contributed by atoms with E-state index in [1.807, 2.05) is 73.7 Å². The summed E-state index contributed by atoms with van der Waals surface area (Å²) in [6, 6.07) is 20.9. The van der Waals surface area contributed by atoms with Crippen molar-refractivity contribution < 1.29 is 9.53 Å². The average molecular weight is 362 g/mol. The van der Waals surface area contributed by atoms with Crippen molar-refractivity contribution in [3.05, 3.63) is 72.9 Å². The van der Waals surface area contributed by atoms with Crippen LogP contribution >= 0.6 is 0 Å². The Morgan fingerprint density at radius 2 is 1.67 bits per heavy atom. The van der Waals surface area contributed by atoms with Gasteiger partial charge in [0, 0.05) is 11.4 Å². The van der Waals surface area contributed by atoms with Crippen LogP contribution in [0, 0.1) is 0 Å². The summed E-state index contributed by atoms with van der Waals surface area (Å²) in [5.74, 6) is 1.38. The molecule has 0 spiro atoms. The summed E-state index contributed by atoms with van der Waals surface area (Å²) in [4.78, 5) is 16.4. The standard InChI is InChI=1S/C21H22N4O2/c1-2-27-19-11-8-16(9-12-19)22-15-21(26)25-18-10-13-20(23-14-18)24-17-6-4-3-5-7-17/h3-14,22H,2,15H2,1H3,(H,23,24)(H,25,26). The third-order valence-corrected chi connectivity index (χ3v) is 3.71. The molecule has 0 saturated carbocycles. The molecule has 0 bridgehead atoms. The highest BCUT2D eigenvalue weighted by Gasteiger charge is 2.04. The first-order chi connectivity index (χ1) is 13.2. The number of pyridine rings is 1. The van der Waals surface area contributed by atoms with Crippen LogP contribution in [0.15, 0.2) is 72.9 Å². The molecule has 1 heterocycles. The molecule has 0 aliphatic rings. The zero-order valence-corrected chi connectivity index (χ0v) is 15.1. The number of carbonyl (C=O) groups is 1. The Hall–Kier alpha value is -3.54. The van der Waals surface area contributed by atoms with Crippen LogP contribution in [0.25, 0.3) is 0 Å². The molecule has 27 heavy (non-hydrogen) atoms. The molecule has 0 saturated heterocycles.